The number of carbonyl (C=O) groups excluding carboxylic acids is 1. The van der Waals surface area contributed by atoms with Gasteiger partial charge in [0.05, 0.1) is 17.9 Å². The highest BCUT2D eigenvalue weighted by Gasteiger charge is 2.23. The lowest BCUT2D eigenvalue weighted by Crippen LogP contribution is -2.25. The van der Waals surface area contributed by atoms with Gasteiger partial charge < -0.3 is 19.4 Å². The summed E-state index contributed by atoms with van der Waals surface area (Å²) in [5.41, 5.74) is 4.82. The van der Waals surface area contributed by atoms with Gasteiger partial charge in [0.1, 0.15) is 13.2 Å². The molecule has 0 spiro atoms. The summed E-state index contributed by atoms with van der Waals surface area (Å²) in [5, 5.41) is 4.07. The molecule has 29 heavy (non-hydrogen) atoms. The summed E-state index contributed by atoms with van der Waals surface area (Å²) in [5.74, 6) is 2.17. The minimum Gasteiger partial charge on any atom is -0.486 e. The molecule has 0 saturated heterocycles. The van der Waals surface area contributed by atoms with Gasteiger partial charge in [-0.1, -0.05) is 41.6 Å². The Morgan fingerprint density at radius 2 is 1.93 bits per heavy atom. The zero-order valence-electron chi connectivity index (χ0n) is 16.1. The molecular formula is C22H21N3O3S. The fourth-order valence-electron chi connectivity index (χ4n) is 3.61. The molecule has 2 aromatic carbocycles. The number of nitrogens with zero attached hydrogens (tertiary/aromatic N) is 2. The molecule has 0 saturated carbocycles. The maximum Gasteiger partial charge on any atom is 0.251 e. The van der Waals surface area contributed by atoms with Crippen LogP contribution in [0.25, 0.3) is 11.3 Å². The first-order valence-electron chi connectivity index (χ1n) is 9.66. The number of hydrogen-bond donors (Lipinski definition) is 1. The lowest BCUT2D eigenvalue weighted by Gasteiger charge is -2.18. The Labute approximate surface area is 173 Å². The summed E-state index contributed by atoms with van der Waals surface area (Å²) >= 11 is 1.76. The van der Waals surface area contributed by atoms with Crippen LogP contribution in [-0.2, 0) is 13.1 Å². The van der Waals surface area contributed by atoms with E-state index in [9.17, 15) is 4.79 Å². The summed E-state index contributed by atoms with van der Waals surface area (Å²) < 4.78 is 13.3. The van der Waals surface area contributed by atoms with Gasteiger partial charge in [0.2, 0.25) is 0 Å². The smallest absolute Gasteiger partial charge is 0.251 e. The van der Waals surface area contributed by atoms with Crippen molar-refractivity contribution in [1.82, 2.24) is 14.9 Å². The van der Waals surface area contributed by atoms with Crippen molar-refractivity contribution in [1.29, 1.82) is 0 Å². The average Bonchev–Trinajstić information content (AvgIpc) is 3.34. The molecule has 0 unspecified atom stereocenters. The maximum atomic E-state index is 12.8. The second-order valence-electron chi connectivity index (χ2n) is 7.10. The molecule has 7 heteroatoms. The van der Waals surface area contributed by atoms with Crippen molar-refractivity contribution in [2.75, 3.05) is 19.0 Å². The molecule has 0 radical (unpaired) electrons. The largest absolute Gasteiger partial charge is 0.486 e. The monoisotopic (exact) mass is 407 g/mol. The van der Waals surface area contributed by atoms with Gasteiger partial charge in [-0.3, -0.25) is 4.79 Å². The number of aryl methyl sites for hydroxylation is 1. The third-order valence-corrected chi connectivity index (χ3v) is 6.09. The average molecular weight is 407 g/mol. The minimum absolute atomic E-state index is 0.141. The van der Waals surface area contributed by atoms with Gasteiger partial charge in [-0.15, -0.1) is 0 Å². The number of nitrogens with one attached hydrogen (secondary N) is 1. The number of ether oxygens (including phenoxy) is 2. The molecule has 5 rings (SSSR count). The Balaban J connectivity index is 1.39. The van der Waals surface area contributed by atoms with Gasteiger partial charge in [0.25, 0.3) is 5.91 Å². The van der Waals surface area contributed by atoms with Gasteiger partial charge in [0, 0.05) is 23.4 Å². The second kappa shape index (κ2) is 7.48. The number of hydrogen-bond acceptors (Lipinski definition) is 5. The van der Waals surface area contributed by atoms with E-state index in [0.717, 1.165) is 34.4 Å². The van der Waals surface area contributed by atoms with Crippen molar-refractivity contribution in [3.8, 4) is 22.8 Å². The fraction of sp³-hybridized carbons (Fsp3) is 0.273. The third kappa shape index (κ3) is 3.46. The predicted octanol–water partition coefficient (Wildman–Crippen LogP) is 3.67. The summed E-state index contributed by atoms with van der Waals surface area (Å²) in [6.07, 6.45) is 0. The maximum absolute atomic E-state index is 12.8. The van der Waals surface area contributed by atoms with Crippen LogP contribution in [0.15, 0.2) is 47.6 Å². The topological polar surface area (TPSA) is 65.4 Å². The van der Waals surface area contributed by atoms with Crippen LogP contribution in [0, 0.1) is 6.92 Å². The Morgan fingerprint density at radius 3 is 2.76 bits per heavy atom. The number of rotatable bonds is 4. The Morgan fingerprint density at radius 1 is 1.14 bits per heavy atom. The second-order valence-corrected chi connectivity index (χ2v) is 8.16. The molecule has 2 aliphatic heterocycles. The van der Waals surface area contributed by atoms with E-state index in [4.69, 9.17) is 14.5 Å². The van der Waals surface area contributed by atoms with Crippen LogP contribution in [-0.4, -0.2) is 34.4 Å². The first-order chi connectivity index (χ1) is 14.2. The first kappa shape index (κ1) is 18.1. The molecule has 2 aliphatic rings. The minimum atomic E-state index is -0.141. The number of carbonyl (C=O) groups is 1. The van der Waals surface area contributed by atoms with Crippen LogP contribution < -0.4 is 14.8 Å². The summed E-state index contributed by atoms with van der Waals surface area (Å²) in [6.45, 7) is 4.43. The highest BCUT2D eigenvalue weighted by molar-refractivity contribution is 7.99. The fourth-order valence-corrected chi connectivity index (χ4v) is 4.57. The molecule has 0 fully saturated rings. The van der Waals surface area contributed by atoms with E-state index in [2.05, 4.69) is 41.1 Å². The summed E-state index contributed by atoms with van der Waals surface area (Å²) in [7, 11) is 0. The Hall–Kier alpha value is -2.93. The van der Waals surface area contributed by atoms with E-state index in [1.54, 1.807) is 30.0 Å². The van der Waals surface area contributed by atoms with Crippen molar-refractivity contribution in [2.45, 2.75) is 25.2 Å². The van der Waals surface area contributed by atoms with Crippen LogP contribution in [0.2, 0.25) is 0 Å². The number of amides is 1. The molecule has 3 heterocycles. The van der Waals surface area contributed by atoms with E-state index in [-0.39, 0.29) is 5.91 Å². The number of thioether (sulfide) groups is 1. The normalized spacial score (nSPS) is 14.5. The van der Waals surface area contributed by atoms with Crippen LogP contribution in [0.5, 0.6) is 11.5 Å². The van der Waals surface area contributed by atoms with E-state index in [0.29, 0.717) is 36.8 Å². The van der Waals surface area contributed by atoms with Crippen LogP contribution >= 0.6 is 11.8 Å². The number of aromatic nitrogens is 2. The molecule has 0 atom stereocenters. The van der Waals surface area contributed by atoms with E-state index in [1.807, 2.05) is 0 Å². The van der Waals surface area contributed by atoms with Gasteiger partial charge in [-0.25, -0.2) is 4.98 Å². The number of imidazole rings is 1. The van der Waals surface area contributed by atoms with E-state index < -0.39 is 0 Å². The van der Waals surface area contributed by atoms with Gasteiger partial charge in [0.15, 0.2) is 16.7 Å². The first-order valence-corrected chi connectivity index (χ1v) is 10.6. The molecular weight excluding hydrogens is 386 g/mol. The van der Waals surface area contributed by atoms with E-state index in [1.165, 1.54) is 5.56 Å². The Kier molecular flexibility index (Phi) is 4.67. The van der Waals surface area contributed by atoms with Crippen molar-refractivity contribution < 1.29 is 14.3 Å². The van der Waals surface area contributed by atoms with E-state index >= 15 is 0 Å². The molecule has 6 nitrogen and oxygen atoms in total. The number of benzene rings is 2. The van der Waals surface area contributed by atoms with Gasteiger partial charge >= 0.3 is 0 Å². The van der Waals surface area contributed by atoms with Crippen LogP contribution in [0.4, 0.5) is 0 Å². The molecule has 1 amide bonds. The Bertz CT molecular complexity index is 1080. The predicted molar refractivity (Wildman–Crippen MR) is 112 cm³/mol. The van der Waals surface area contributed by atoms with Gasteiger partial charge in [-0.2, -0.15) is 0 Å². The molecule has 3 aromatic rings. The van der Waals surface area contributed by atoms with Crippen molar-refractivity contribution >= 4 is 17.7 Å². The molecule has 148 valence electrons. The third-order valence-electron chi connectivity index (χ3n) is 5.13. The lowest BCUT2D eigenvalue weighted by atomic mass is 10.1. The molecule has 1 N–H and O–H groups in total. The van der Waals surface area contributed by atoms with Crippen LogP contribution in [0.3, 0.4) is 0 Å². The zero-order chi connectivity index (χ0) is 19.8. The van der Waals surface area contributed by atoms with Crippen molar-refractivity contribution in [3.05, 3.63) is 59.3 Å². The SMILES string of the molecule is Cc1ccc(-c2nc3n(c2CNC(=O)c2ccc4c(c2)OCCO4)CCS3)cc1. The highest BCUT2D eigenvalue weighted by Crippen LogP contribution is 2.34. The number of fused-ring (bicyclic) bond motifs is 2. The highest BCUT2D eigenvalue weighted by atomic mass is 32.2. The van der Waals surface area contributed by atoms with Crippen LogP contribution in [0.1, 0.15) is 21.6 Å². The lowest BCUT2D eigenvalue weighted by molar-refractivity contribution is 0.0949. The summed E-state index contributed by atoms with van der Waals surface area (Å²) in [6, 6.07) is 13.6. The zero-order valence-corrected chi connectivity index (χ0v) is 16.9. The molecule has 0 aliphatic carbocycles. The van der Waals surface area contributed by atoms with Crippen molar-refractivity contribution in [3.63, 3.8) is 0 Å². The van der Waals surface area contributed by atoms with Gasteiger partial charge in [-0.05, 0) is 25.1 Å². The molecule has 1 aromatic heterocycles. The standard InChI is InChI=1S/C22H21N3O3S/c1-14-2-4-15(5-3-14)20-17(25-8-11-29-22(25)24-20)13-23-21(26)16-6-7-18-19(12-16)28-10-9-27-18/h2-7,12H,8-11,13H2,1H3,(H,23,26). The summed E-state index contributed by atoms with van der Waals surface area (Å²) in [4.78, 5) is 17.6. The molecule has 0 bridgehead atoms. The van der Waals surface area contributed by atoms with Crippen molar-refractivity contribution in [2.24, 2.45) is 0 Å². The quantitative estimate of drug-likeness (QED) is 0.715.